The molecule has 0 fully saturated rings. The lowest BCUT2D eigenvalue weighted by Crippen LogP contribution is -2.65. The van der Waals surface area contributed by atoms with Crippen LogP contribution in [0.5, 0.6) is 23.0 Å². The molecule has 0 saturated heterocycles. The molecule has 1 N–H and O–H groups in total. The third-order valence-corrected chi connectivity index (χ3v) is 24.3. The molecule has 10 aromatic carbocycles. The number of fused-ring (bicyclic) bond motifs is 16. The molecular weight excluding hydrogens is 1210 g/mol. The van der Waals surface area contributed by atoms with Crippen molar-refractivity contribution in [3.63, 3.8) is 0 Å². The first kappa shape index (κ1) is 59.6. The highest BCUT2D eigenvalue weighted by atomic mass is 32.1. The average Bonchev–Trinajstić information content (AvgIpc) is 0.787. The minimum Gasteiger partial charge on any atom is -0.457 e. The van der Waals surface area contributed by atoms with Gasteiger partial charge in [0.15, 0.2) is 0 Å². The summed E-state index contributed by atoms with van der Waals surface area (Å²) in [6.07, 6.45) is 0. The van der Waals surface area contributed by atoms with Crippen LogP contribution >= 0.6 is 22.7 Å². The molecule has 2 aromatic heterocycles. The van der Waals surface area contributed by atoms with E-state index in [0.29, 0.717) is 0 Å². The second kappa shape index (κ2) is 20.1. The number of hydrogen-bond donors (Lipinski definition) is 1. The van der Waals surface area contributed by atoms with Gasteiger partial charge in [0.05, 0.1) is 17.1 Å². The Morgan fingerprint density at radius 3 is 1.16 bits per heavy atom. The molecule has 18 rings (SSSR count). The number of nitrogens with one attached hydrogen (secondary N) is 1. The summed E-state index contributed by atoms with van der Waals surface area (Å²) in [6, 6.07) is 57.5. The van der Waals surface area contributed by atoms with E-state index in [1.165, 1.54) is 186 Å². The molecule has 0 aliphatic carbocycles. The van der Waals surface area contributed by atoms with E-state index in [2.05, 4.69) is 290 Å². The molecule has 96 heavy (non-hydrogen) atoms. The highest BCUT2D eigenvalue weighted by Gasteiger charge is 2.52. The Hall–Kier alpha value is -8.89. The van der Waals surface area contributed by atoms with Crippen molar-refractivity contribution in [2.45, 2.75) is 141 Å². The predicted molar refractivity (Wildman–Crippen MR) is 417 cm³/mol. The van der Waals surface area contributed by atoms with Crippen molar-refractivity contribution < 1.29 is 9.47 Å². The summed E-state index contributed by atoms with van der Waals surface area (Å²) in [7, 11) is 0. The average molecular weight is 1290 g/mol. The molecule has 6 aliphatic rings. The number of aryl methyl sites for hydroxylation is 9. The Bertz CT molecular complexity index is 5450. The van der Waals surface area contributed by atoms with Gasteiger partial charge >= 0.3 is 0 Å². The molecule has 0 amide bonds. The zero-order valence-electron chi connectivity index (χ0n) is 58.6. The van der Waals surface area contributed by atoms with Gasteiger partial charge in [-0.05, 0) is 240 Å². The van der Waals surface area contributed by atoms with Crippen LogP contribution in [0.15, 0.2) is 146 Å². The van der Waals surface area contributed by atoms with Crippen LogP contribution in [0.25, 0.3) is 20.2 Å². The second-order valence-corrected chi connectivity index (χ2v) is 34.1. The smallest absolute Gasteiger partial charge is 0.268 e. The second-order valence-electron chi connectivity index (χ2n) is 31.9. The van der Waals surface area contributed by atoms with Crippen LogP contribution in [-0.2, 0) is 16.2 Å². The van der Waals surface area contributed by atoms with Gasteiger partial charge in [0.1, 0.15) is 23.0 Å². The summed E-state index contributed by atoms with van der Waals surface area (Å²) in [5.74, 6) is 3.84. The number of thiophene rings is 2. The molecule has 0 spiro atoms. The van der Waals surface area contributed by atoms with Crippen LogP contribution in [0, 0.1) is 62.3 Å². The Labute approximate surface area is 575 Å². The van der Waals surface area contributed by atoms with Gasteiger partial charge in [-0.25, -0.2) is 0 Å². The summed E-state index contributed by atoms with van der Waals surface area (Å²) in [4.78, 5) is 8.10. The zero-order valence-corrected chi connectivity index (χ0v) is 60.2. The lowest BCUT2D eigenvalue weighted by molar-refractivity contribution is 0.490. The Kier molecular flexibility index (Phi) is 12.5. The van der Waals surface area contributed by atoms with Crippen molar-refractivity contribution in [3.8, 4) is 23.0 Å². The SMILES string of the molecule is Cc1cc(C)c(N2c3cc4c(cc3B3c5sc6ccccc6c5Oc5cc(C(C)(C)C)cc2c53)B2c3cc5c(cc3N(c3c(C)cc(C)cc3C)c3cc(C(C)(C)C)cc(c32)N4c2c(C)cc(C)cc2C)Nc2cc(C(C)(C)C)cc3c2B5c2sc4ccccc4c2O3)c(C)c1. The van der Waals surface area contributed by atoms with Crippen molar-refractivity contribution in [1.82, 2.24) is 0 Å². The van der Waals surface area contributed by atoms with Gasteiger partial charge in [-0.2, -0.15) is 0 Å². The van der Waals surface area contributed by atoms with Crippen LogP contribution < -0.4 is 77.3 Å². The highest BCUT2D eigenvalue weighted by molar-refractivity contribution is 7.34. The topological polar surface area (TPSA) is 40.2 Å². The minimum atomic E-state index is -0.230. The summed E-state index contributed by atoms with van der Waals surface area (Å²) in [5.41, 5.74) is 36.5. The van der Waals surface area contributed by atoms with Gasteiger partial charge in [0.25, 0.3) is 20.1 Å². The van der Waals surface area contributed by atoms with Crippen molar-refractivity contribution in [2.75, 3.05) is 20.0 Å². The fraction of sp³-hybridized carbons (Fsp3) is 0.247. The number of anilines is 11. The maximum atomic E-state index is 7.53. The fourth-order valence-corrected chi connectivity index (χ4v) is 20.3. The number of nitrogens with zero attached hydrogens (tertiary/aromatic N) is 3. The minimum absolute atomic E-state index is 0.0934. The van der Waals surface area contributed by atoms with Gasteiger partial charge < -0.3 is 29.5 Å². The molecule has 0 atom stereocenters. The van der Waals surface area contributed by atoms with Gasteiger partial charge in [-0.3, -0.25) is 0 Å². The van der Waals surface area contributed by atoms with E-state index in [9.17, 15) is 0 Å². The monoisotopic (exact) mass is 1280 g/mol. The zero-order chi connectivity index (χ0) is 66.6. The van der Waals surface area contributed by atoms with Gasteiger partial charge in [-0.15, -0.1) is 22.7 Å². The van der Waals surface area contributed by atoms with E-state index < -0.39 is 0 Å². The van der Waals surface area contributed by atoms with Crippen molar-refractivity contribution in [1.29, 1.82) is 0 Å². The molecule has 0 bridgehead atoms. The van der Waals surface area contributed by atoms with E-state index in [0.717, 1.165) is 34.4 Å². The first-order chi connectivity index (χ1) is 45.7. The molecule has 0 unspecified atom stereocenters. The van der Waals surface area contributed by atoms with E-state index >= 15 is 0 Å². The Morgan fingerprint density at radius 1 is 0.344 bits per heavy atom. The van der Waals surface area contributed by atoms with E-state index in [1.54, 1.807) is 0 Å². The number of hydrogen-bond acceptors (Lipinski definition) is 8. The summed E-state index contributed by atoms with van der Waals surface area (Å²) in [6.45, 7) is 41.4. The quantitative estimate of drug-likeness (QED) is 0.178. The lowest BCUT2D eigenvalue weighted by atomic mass is 9.30. The molecule has 0 saturated carbocycles. The molecule has 8 heterocycles. The standard InChI is InChI=1S/C85H79B3N4O2S2/c1-43-27-46(4)76(47(5)28-43)90-63-41-61-57(87-73-62(89-61)33-52(83(10,11)12)37-69(73)93-79-55-23-19-21-25-71(55)95-81(79)87)39-58(63)86-59-40-60-65(42-64(59)91(77-48(6)29-44(2)30-49(77)7)67-35-53(84(13,14)15)34-66(90)74(67)86)92(78-50(8)31-45(3)32-51(78)9)68-36-54(85(16,17)18)38-70-75(68)88(60)82-80(94-70)56-24-20-22-26-72(56)96-82/h19-42,89H,1-18H3. The van der Waals surface area contributed by atoms with Crippen LogP contribution in [0.1, 0.15) is 129 Å². The number of ether oxygens (including phenoxy) is 2. The van der Waals surface area contributed by atoms with Gasteiger partial charge in [0, 0.05) is 75.2 Å². The van der Waals surface area contributed by atoms with Gasteiger partial charge in [0.2, 0.25) is 0 Å². The van der Waals surface area contributed by atoms with Crippen molar-refractivity contribution >= 4 is 173 Å². The van der Waals surface area contributed by atoms with E-state index in [4.69, 9.17) is 9.47 Å². The third kappa shape index (κ3) is 8.44. The molecule has 6 aliphatic heterocycles. The highest BCUT2D eigenvalue weighted by Crippen LogP contribution is 2.54. The van der Waals surface area contributed by atoms with E-state index in [1.807, 2.05) is 22.7 Å². The number of benzene rings is 10. The Morgan fingerprint density at radius 2 is 0.708 bits per heavy atom. The number of rotatable bonds is 3. The fourth-order valence-electron chi connectivity index (χ4n) is 17.8. The van der Waals surface area contributed by atoms with Crippen molar-refractivity contribution in [2.24, 2.45) is 0 Å². The first-order valence-corrected chi connectivity index (χ1v) is 36.0. The van der Waals surface area contributed by atoms with Crippen molar-refractivity contribution in [3.05, 3.63) is 212 Å². The van der Waals surface area contributed by atoms with Crippen LogP contribution in [-0.4, -0.2) is 20.1 Å². The lowest BCUT2D eigenvalue weighted by Gasteiger charge is -2.48. The maximum Gasteiger partial charge on any atom is 0.268 e. The first-order valence-electron chi connectivity index (χ1n) is 34.4. The molecule has 11 heteroatoms. The summed E-state index contributed by atoms with van der Waals surface area (Å²) in [5, 5.41) is 6.55. The van der Waals surface area contributed by atoms with Crippen LogP contribution in [0.2, 0.25) is 0 Å². The largest absolute Gasteiger partial charge is 0.457 e. The van der Waals surface area contributed by atoms with Gasteiger partial charge in [-0.1, -0.05) is 152 Å². The Balaban J connectivity index is 1.01. The molecular formula is C85H79B3N4O2S2. The molecule has 6 nitrogen and oxygen atoms in total. The summed E-state index contributed by atoms with van der Waals surface area (Å²) < 4.78 is 19.8. The van der Waals surface area contributed by atoms with E-state index in [-0.39, 0.29) is 36.4 Å². The van der Waals surface area contributed by atoms with Crippen LogP contribution in [0.3, 0.4) is 0 Å². The third-order valence-electron chi connectivity index (χ3n) is 21.9. The molecule has 12 aromatic rings. The summed E-state index contributed by atoms with van der Waals surface area (Å²) >= 11 is 3.79. The molecule has 0 radical (unpaired) electrons. The normalized spacial score (nSPS) is 14.5. The maximum absolute atomic E-state index is 7.53. The van der Waals surface area contributed by atoms with Crippen LogP contribution in [0.4, 0.5) is 62.6 Å². The molecule has 472 valence electrons. The predicted octanol–water partition coefficient (Wildman–Crippen LogP) is 18.0.